The number of alkyl halides is 1. The zero-order valence-corrected chi connectivity index (χ0v) is 23.6. The number of nitrogens with two attached hydrogens (primary N) is 1. The van der Waals surface area contributed by atoms with Crippen LogP contribution in [0.3, 0.4) is 0 Å². The van der Waals surface area contributed by atoms with Gasteiger partial charge in [0.25, 0.3) is 0 Å². The molecule has 0 unspecified atom stereocenters. The standard InChI is InChI=1S/C29H35FN8OS/c30-19-12-29(7-5-11-38(29)15-19)18-39-27-34-25(36-9-3-1-2-4-10-36)21(14-32)26(35-27)37-16-28(17-37)8-6-22-23(28)20(13-31)24(33)40-22/h19H,1-12,15-18,33H2/t19-,29+/m1/s1. The van der Waals surface area contributed by atoms with E-state index in [4.69, 9.17) is 20.4 Å². The van der Waals surface area contributed by atoms with Gasteiger partial charge in [-0.15, -0.1) is 11.3 Å². The van der Waals surface area contributed by atoms with E-state index in [2.05, 4.69) is 26.8 Å². The molecule has 11 heteroatoms. The van der Waals surface area contributed by atoms with Gasteiger partial charge in [-0.25, -0.2) is 4.39 Å². The van der Waals surface area contributed by atoms with Gasteiger partial charge in [0, 0.05) is 49.4 Å². The first-order chi connectivity index (χ1) is 19.4. The fourth-order valence-corrected chi connectivity index (χ4v) is 9.08. The molecule has 1 spiro atoms. The lowest BCUT2D eigenvalue weighted by Crippen LogP contribution is -2.59. The van der Waals surface area contributed by atoms with Crippen molar-refractivity contribution >= 4 is 28.0 Å². The monoisotopic (exact) mass is 562 g/mol. The first-order valence-electron chi connectivity index (χ1n) is 14.6. The SMILES string of the molecule is N#Cc1c(N2CCCCCC2)nc(OC[C@@]23CCCN2C[C@H](F)C3)nc1N1CC2(CCc3sc(N)c(C#N)c32)C1. The molecule has 0 amide bonds. The van der Waals surface area contributed by atoms with Gasteiger partial charge in [-0.3, -0.25) is 4.90 Å². The Kier molecular flexibility index (Phi) is 6.28. The summed E-state index contributed by atoms with van der Waals surface area (Å²) in [5.74, 6) is 1.24. The lowest BCUT2D eigenvalue weighted by atomic mass is 9.74. The molecule has 5 aliphatic rings. The van der Waals surface area contributed by atoms with Crippen LogP contribution in [0.5, 0.6) is 6.01 Å². The molecule has 0 radical (unpaired) electrons. The summed E-state index contributed by atoms with van der Waals surface area (Å²) in [5.41, 5.74) is 7.96. The first-order valence-corrected chi connectivity index (χ1v) is 15.4. The van der Waals surface area contributed by atoms with Gasteiger partial charge in [-0.05, 0) is 50.6 Å². The van der Waals surface area contributed by atoms with Crippen LogP contribution in [-0.2, 0) is 11.8 Å². The van der Waals surface area contributed by atoms with E-state index in [0.717, 1.165) is 63.7 Å². The van der Waals surface area contributed by atoms with Crippen molar-refractivity contribution < 1.29 is 9.13 Å². The van der Waals surface area contributed by atoms with E-state index in [-0.39, 0.29) is 17.0 Å². The maximum absolute atomic E-state index is 14.4. The molecule has 2 aromatic rings. The largest absolute Gasteiger partial charge is 0.461 e. The summed E-state index contributed by atoms with van der Waals surface area (Å²) >= 11 is 1.54. The molecule has 4 aliphatic heterocycles. The van der Waals surface area contributed by atoms with Gasteiger partial charge in [0.2, 0.25) is 0 Å². The number of hydrogen-bond acceptors (Lipinski definition) is 10. The third kappa shape index (κ3) is 4.01. The Hall–Kier alpha value is -3.15. The Balaban J connectivity index is 1.22. The van der Waals surface area contributed by atoms with Crippen LogP contribution >= 0.6 is 11.3 Å². The second kappa shape index (κ2) is 9.74. The molecule has 0 bridgehead atoms. The molecule has 6 heterocycles. The number of aromatic nitrogens is 2. The average Bonchev–Trinajstić information content (AvgIpc) is 3.58. The van der Waals surface area contributed by atoms with Crippen LogP contribution in [0.25, 0.3) is 0 Å². The van der Waals surface area contributed by atoms with Crippen molar-refractivity contribution in [2.75, 3.05) is 61.4 Å². The zero-order chi connectivity index (χ0) is 27.5. The zero-order valence-electron chi connectivity index (χ0n) is 22.8. The van der Waals surface area contributed by atoms with Gasteiger partial charge < -0.3 is 20.3 Å². The maximum atomic E-state index is 14.4. The summed E-state index contributed by atoms with van der Waals surface area (Å²) in [6.07, 6.45) is 7.97. The molecule has 4 fully saturated rings. The summed E-state index contributed by atoms with van der Waals surface area (Å²) in [5, 5.41) is 20.8. The topological polar surface area (TPSA) is 118 Å². The molecule has 1 aliphatic carbocycles. The van der Waals surface area contributed by atoms with E-state index in [1.165, 1.54) is 29.1 Å². The average molecular weight is 563 g/mol. The Morgan fingerprint density at radius 3 is 2.42 bits per heavy atom. The highest BCUT2D eigenvalue weighted by molar-refractivity contribution is 7.16. The predicted octanol–water partition coefficient (Wildman–Crippen LogP) is 3.90. The van der Waals surface area contributed by atoms with Crippen LogP contribution in [-0.4, -0.2) is 72.5 Å². The summed E-state index contributed by atoms with van der Waals surface area (Å²) in [7, 11) is 0. The van der Waals surface area contributed by atoms with E-state index in [1.54, 1.807) is 0 Å². The highest BCUT2D eigenvalue weighted by Crippen LogP contribution is 2.53. The van der Waals surface area contributed by atoms with Crippen LogP contribution in [0.1, 0.15) is 72.9 Å². The fourth-order valence-electron chi connectivity index (χ4n) is 7.94. The van der Waals surface area contributed by atoms with Crippen molar-refractivity contribution in [1.29, 1.82) is 10.5 Å². The number of hydrogen-bond donors (Lipinski definition) is 1. The highest BCUT2D eigenvalue weighted by Gasteiger charge is 2.53. The Morgan fingerprint density at radius 2 is 1.70 bits per heavy atom. The number of fused-ring (bicyclic) bond motifs is 3. The molecule has 4 saturated heterocycles. The number of nitrogen functional groups attached to an aromatic ring is 1. The van der Waals surface area contributed by atoms with Gasteiger partial charge in [-0.1, -0.05) is 12.8 Å². The quantitative estimate of drug-likeness (QED) is 0.579. The Morgan fingerprint density at radius 1 is 0.975 bits per heavy atom. The summed E-state index contributed by atoms with van der Waals surface area (Å²) in [6.45, 7) is 4.77. The van der Waals surface area contributed by atoms with E-state index < -0.39 is 6.17 Å². The highest BCUT2D eigenvalue weighted by atomic mass is 32.1. The van der Waals surface area contributed by atoms with Crippen LogP contribution in [0.2, 0.25) is 0 Å². The molecule has 2 aromatic heterocycles. The third-order valence-corrected chi connectivity index (χ3v) is 10.9. The van der Waals surface area contributed by atoms with Gasteiger partial charge in [0.05, 0.1) is 11.1 Å². The maximum Gasteiger partial charge on any atom is 0.320 e. The lowest BCUT2D eigenvalue weighted by molar-refractivity contribution is 0.107. The van der Waals surface area contributed by atoms with Crippen molar-refractivity contribution in [3.05, 3.63) is 21.6 Å². The van der Waals surface area contributed by atoms with Crippen LogP contribution in [0.15, 0.2) is 0 Å². The first kappa shape index (κ1) is 25.8. The van der Waals surface area contributed by atoms with Crippen molar-refractivity contribution in [2.24, 2.45) is 0 Å². The molecule has 9 nitrogen and oxygen atoms in total. The van der Waals surface area contributed by atoms with Crippen LogP contribution in [0, 0.1) is 22.7 Å². The van der Waals surface area contributed by atoms with E-state index in [9.17, 15) is 14.9 Å². The predicted molar refractivity (Wildman–Crippen MR) is 152 cm³/mol. The van der Waals surface area contributed by atoms with E-state index in [0.29, 0.717) is 60.4 Å². The molecule has 7 rings (SSSR count). The second-order valence-corrected chi connectivity index (χ2v) is 13.4. The molecule has 40 heavy (non-hydrogen) atoms. The van der Waals surface area contributed by atoms with Gasteiger partial charge in [-0.2, -0.15) is 20.5 Å². The molecule has 0 aromatic carbocycles. The van der Waals surface area contributed by atoms with Gasteiger partial charge in [0.15, 0.2) is 11.6 Å². The summed E-state index contributed by atoms with van der Waals surface area (Å²) in [6, 6.07) is 5.03. The Labute approximate surface area is 238 Å². The van der Waals surface area contributed by atoms with Crippen molar-refractivity contribution in [1.82, 2.24) is 14.9 Å². The summed E-state index contributed by atoms with van der Waals surface area (Å²) in [4.78, 5) is 17.5. The minimum absolute atomic E-state index is 0.140. The molecule has 210 valence electrons. The van der Waals surface area contributed by atoms with Gasteiger partial charge in [0.1, 0.15) is 35.5 Å². The number of nitriles is 2. The summed E-state index contributed by atoms with van der Waals surface area (Å²) < 4.78 is 20.7. The smallest absolute Gasteiger partial charge is 0.320 e. The van der Waals surface area contributed by atoms with Crippen LogP contribution < -0.4 is 20.3 Å². The molecule has 2 N–H and O–H groups in total. The molecular weight excluding hydrogens is 527 g/mol. The molecule has 0 saturated carbocycles. The number of rotatable bonds is 5. The van der Waals surface area contributed by atoms with E-state index >= 15 is 0 Å². The van der Waals surface area contributed by atoms with Crippen molar-refractivity contribution in [3.8, 4) is 18.1 Å². The van der Waals surface area contributed by atoms with Crippen LogP contribution in [0.4, 0.5) is 21.0 Å². The Bertz CT molecular complexity index is 1400. The number of anilines is 3. The lowest BCUT2D eigenvalue weighted by Gasteiger charge is -2.49. The van der Waals surface area contributed by atoms with Gasteiger partial charge >= 0.3 is 6.01 Å². The molecule has 2 atom stereocenters. The number of nitrogens with zero attached hydrogens (tertiary/aromatic N) is 7. The minimum Gasteiger partial charge on any atom is -0.461 e. The minimum atomic E-state index is -0.827. The number of halogens is 1. The molecular formula is C29H35FN8OS. The number of thiophene rings is 1. The van der Waals surface area contributed by atoms with Crippen molar-refractivity contribution in [3.63, 3.8) is 0 Å². The van der Waals surface area contributed by atoms with E-state index in [1.807, 2.05) is 0 Å². The fraction of sp³-hybridized carbons (Fsp3) is 0.655. The number of aryl methyl sites for hydroxylation is 1. The normalized spacial score (nSPS) is 27.1. The van der Waals surface area contributed by atoms with Crippen molar-refractivity contribution in [2.45, 2.75) is 74.9 Å². The second-order valence-electron chi connectivity index (χ2n) is 12.3. The number of ether oxygens (including phenoxy) is 1. The third-order valence-electron chi connectivity index (χ3n) is 9.87.